The van der Waals surface area contributed by atoms with E-state index >= 15 is 0 Å². The lowest BCUT2D eigenvalue weighted by molar-refractivity contribution is 0.709. The Balaban J connectivity index is 2.43. The van der Waals surface area contributed by atoms with Gasteiger partial charge in [0.2, 0.25) is 0 Å². The Labute approximate surface area is 115 Å². The minimum atomic E-state index is 0.598. The number of nitrogens with zero attached hydrogens (tertiary/aromatic N) is 3. The summed E-state index contributed by atoms with van der Waals surface area (Å²) in [6, 6.07) is 1.98. The lowest BCUT2D eigenvalue weighted by atomic mass is 10.1. The molecular weight excluding hydrogens is 292 g/mol. The number of nitrogen functional groups attached to an aromatic ring is 1. The molecule has 0 spiro atoms. The van der Waals surface area contributed by atoms with Crippen LogP contribution < -0.4 is 5.73 Å². The summed E-state index contributed by atoms with van der Waals surface area (Å²) >= 11 is 3.62. The maximum Gasteiger partial charge on any atom is 0.127 e. The van der Waals surface area contributed by atoms with E-state index in [9.17, 15) is 0 Å². The molecule has 0 aromatic carbocycles. The number of aryl methyl sites for hydroxylation is 3. The van der Waals surface area contributed by atoms with Crippen molar-refractivity contribution in [2.24, 2.45) is 7.05 Å². The van der Waals surface area contributed by atoms with E-state index in [-0.39, 0.29) is 0 Å². The van der Waals surface area contributed by atoms with Crippen LogP contribution in [0.4, 0.5) is 5.82 Å². The molecule has 2 rings (SSSR count). The molecule has 2 aromatic rings. The van der Waals surface area contributed by atoms with Gasteiger partial charge in [0.25, 0.3) is 0 Å². The van der Waals surface area contributed by atoms with E-state index in [1.807, 2.05) is 17.8 Å². The van der Waals surface area contributed by atoms with Gasteiger partial charge in [-0.05, 0) is 40.9 Å². The first-order chi connectivity index (χ1) is 8.54. The predicted molar refractivity (Wildman–Crippen MR) is 76.5 cm³/mol. The van der Waals surface area contributed by atoms with Crippen LogP contribution in [0, 0.1) is 6.92 Å². The Bertz CT molecular complexity index is 554. The summed E-state index contributed by atoms with van der Waals surface area (Å²) in [5.74, 6) is 0.598. The molecule has 4 nitrogen and oxygen atoms in total. The lowest BCUT2D eigenvalue weighted by Crippen LogP contribution is -2.05. The minimum Gasteiger partial charge on any atom is -0.383 e. The molecule has 0 saturated carbocycles. The number of halogens is 1. The summed E-state index contributed by atoms with van der Waals surface area (Å²) in [4.78, 5) is 4.16. The van der Waals surface area contributed by atoms with Crippen LogP contribution in [0.3, 0.4) is 0 Å². The lowest BCUT2D eigenvalue weighted by Gasteiger charge is -2.09. The number of pyridine rings is 1. The third-order valence-electron chi connectivity index (χ3n) is 3.17. The van der Waals surface area contributed by atoms with Crippen LogP contribution in [0.2, 0.25) is 0 Å². The fourth-order valence-electron chi connectivity index (χ4n) is 2.02. The molecular formula is C13H17BrN4. The van der Waals surface area contributed by atoms with Crippen LogP contribution in [0.5, 0.6) is 0 Å². The Morgan fingerprint density at radius 1 is 1.44 bits per heavy atom. The zero-order valence-electron chi connectivity index (χ0n) is 10.9. The van der Waals surface area contributed by atoms with Crippen LogP contribution in [-0.4, -0.2) is 14.8 Å². The van der Waals surface area contributed by atoms with Crippen molar-refractivity contribution in [3.63, 3.8) is 0 Å². The van der Waals surface area contributed by atoms with E-state index in [0.29, 0.717) is 5.82 Å². The Kier molecular flexibility index (Phi) is 3.71. The standard InChI is InChI=1S/C13H17BrN4/c1-4-10-12(14)11(18(3)17-10)7-9-8(2)5-6-16-13(9)15/h5-6H,4,7H2,1-3H3,(H2,15,16). The summed E-state index contributed by atoms with van der Waals surface area (Å²) in [7, 11) is 1.96. The van der Waals surface area contributed by atoms with Crippen molar-refractivity contribution in [2.45, 2.75) is 26.7 Å². The van der Waals surface area contributed by atoms with Gasteiger partial charge in [-0.3, -0.25) is 4.68 Å². The first-order valence-corrected chi connectivity index (χ1v) is 6.74. The van der Waals surface area contributed by atoms with E-state index in [1.54, 1.807) is 6.20 Å². The SMILES string of the molecule is CCc1nn(C)c(Cc2c(C)ccnc2N)c1Br. The summed E-state index contributed by atoms with van der Waals surface area (Å²) in [5, 5.41) is 4.49. The number of rotatable bonds is 3. The molecule has 0 fully saturated rings. The highest BCUT2D eigenvalue weighted by atomic mass is 79.9. The van der Waals surface area contributed by atoms with Gasteiger partial charge in [-0.2, -0.15) is 5.10 Å². The third-order valence-corrected chi connectivity index (χ3v) is 4.09. The van der Waals surface area contributed by atoms with Gasteiger partial charge in [0.05, 0.1) is 15.9 Å². The van der Waals surface area contributed by atoms with Crippen molar-refractivity contribution in [3.05, 3.63) is 39.3 Å². The van der Waals surface area contributed by atoms with E-state index in [0.717, 1.165) is 39.8 Å². The van der Waals surface area contributed by atoms with E-state index in [1.165, 1.54) is 0 Å². The number of nitrogens with two attached hydrogens (primary N) is 1. The van der Waals surface area contributed by atoms with Gasteiger partial charge in [0.15, 0.2) is 0 Å². The summed E-state index contributed by atoms with van der Waals surface area (Å²) in [6.45, 7) is 4.15. The fraction of sp³-hybridized carbons (Fsp3) is 0.385. The largest absolute Gasteiger partial charge is 0.383 e. The number of hydrogen-bond acceptors (Lipinski definition) is 3. The maximum absolute atomic E-state index is 5.95. The van der Waals surface area contributed by atoms with Crippen LogP contribution in [0.1, 0.15) is 29.4 Å². The average Bonchev–Trinajstić information content (AvgIpc) is 2.60. The second kappa shape index (κ2) is 5.10. The van der Waals surface area contributed by atoms with Crippen LogP contribution in [-0.2, 0) is 19.9 Å². The molecule has 5 heteroatoms. The van der Waals surface area contributed by atoms with E-state index < -0.39 is 0 Å². The molecule has 0 aliphatic heterocycles. The fourth-order valence-corrected chi connectivity index (χ4v) is 2.78. The van der Waals surface area contributed by atoms with Crippen molar-refractivity contribution in [2.75, 3.05) is 5.73 Å². The molecule has 2 aromatic heterocycles. The maximum atomic E-state index is 5.95. The van der Waals surface area contributed by atoms with Gasteiger partial charge in [-0.1, -0.05) is 6.92 Å². The second-order valence-electron chi connectivity index (χ2n) is 4.35. The van der Waals surface area contributed by atoms with E-state index in [4.69, 9.17) is 5.73 Å². The van der Waals surface area contributed by atoms with Gasteiger partial charge in [0.1, 0.15) is 5.82 Å². The molecule has 0 aliphatic rings. The van der Waals surface area contributed by atoms with Crippen molar-refractivity contribution < 1.29 is 0 Å². The quantitative estimate of drug-likeness (QED) is 0.948. The smallest absolute Gasteiger partial charge is 0.127 e. The zero-order chi connectivity index (χ0) is 13.3. The highest BCUT2D eigenvalue weighted by Crippen LogP contribution is 2.26. The van der Waals surface area contributed by atoms with Gasteiger partial charge < -0.3 is 5.73 Å². The van der Waals surface area contributed by atoms with Crippen molar-refractivity contribution in [3.8, 4) is 0 Å². The van der Waals surface area contributed by atoms with Gasteiger partial charge >= 0.3 is 0 Å². The molecule has 0 bridgehead atoms. The topological polar surface area (TPSA) is 56.7 Å². The minimum absolute atomic E-state index is 0.598. The molecule has 0 unspecified atom stereocenters. The predicted octanol–water partition coefficient (Wildman–Crippen LogP) is 2.62. The van der Waals surface area contributed by atoms with Crippen LogP contribution >= 0.6 is 15.9 Å². The first kappa shape index (κ1) is 13.1. The molecule has 2 heterocycles. The van der Waals surface area contributed by atoms with Crippen molar-refractivity contribution in [1.82, 2.24) is 14.8 Å². The highest BCUT2D eigenvalue weighted by molar-refractivity contribution is 9.10. The molecule has 0 saturated heterocycles. The zero-order valence-corrected chi connectivity index (χ0v) is 12.5. The summed E-state index contributed by atoms with van der Waals surface area (Å²) < 4.78 is 2.99. The normalized spacial score (nSPS) is 10.9. The van der Waals surface area contributed by atoms with Crippen LogP contribution in [0.15, 0.2) is 16.7 Å². The molecule has 96 valence electrons. The monoisotopic (exact) mass is 308 g/mol. The van der Waals surface area contributed by atoms with E-state index in [2.05, 4.69) is 39.9 Å². The molecule has 2 N–H and O–H groups in total. The molecule has 18 heavy (non-hydrogen) atoms. The molecule has 0 aliphatic carbocycles. The second-order valence-corrected chi connectivity index (χ2v) is 5.15. The highest BCUT2D eigenvalue weighted by Gasteiger charge is 2.15. The number of aromatic nitrogens is 3. The van der Waals surface area contributed by atoms with Crippen LogP contribution in [0.25, 0.3) is 0 Å². The summed E-state index contributed by atoms with van der Waals surface area (Å²) in [5.41, 5.74) is 10.4. The van der Waals surface area contributed by atoms with Gasteiger partial charge in [-0.25, -0.2) is 4.98 Å². The average molecular weight is 309 g/mol. The number of hydrogen-bond donors (Lipinski definition) is 1. The molecule has 0 radical (unpaired) electrons. The molecule has 0 atom stereocenters. The first-order valence-electron chi connectivity index (χ1n) is 5.94. The van der Waals surface area contributed by atoms with Gasteiger partial charge in [0, 0.05) is 25.2 Å². The molecule has 0 amide bonds. The number of anilines is 1. The summed E-state index contributed by atoms with van der Waals surface area (Å²) in [6.07, 6.45) is 3.40. The third kappa shape index (κ3) is 2.27. The Morgan fingerprint density at radius 3 is 2.72 bits per heavy atom. The Hall–Kier alpha value is -1.36. The van der Waals surface area contributed by atoms with Crippen molar-refractivity contribution in [1.29, 1.82) is 0 Å². The van der Waals surface area contributed by atoms with Gasteiger partial charge in [-0.15, -0.1) is 0 Å². The Morgan fingerprint density at radius 2 is 2.17 bits per heavy atom. The van der Waals surface area contributed by atoms with Crippen molar-refractivity contribution >= 4 is 21.7 Å².